The molecule has 0 aliphatic carbocycles. The molecule has 0 aliphatic rings. The van der Waals surface area contributed by atoms with Crippen LogP contribution < -0.4 is 19.6 Å². The Hall–Kier alpha value is -9.52. The smallest absolute Gasteiger partial charge is 0.0971 e. The normalized spacial score (nSPS) is 11.1. The molecular weight excluding hydrogens is 853 g/mol. The van der Waals surface area contributed by atoms with Crippen LogP contribution in [0.2, 0.25) is 0 Å². The van der Waals surface area contributed by atoms with E-state index in [2.05, 4.69) is 287 Å². The molecule has 332 valence electrons. The summed E-state index contributed by atoms with van der Waals surface area (Å²) in [7, 11) is 0. The Balaban J connectivity index is 0.995. The van der Waals surface area contributed by atoms with Gasteiger partial charge in [0, 0.05) is 91.4 Å². The second-order valence-corrected chi connectivity index (χ2v) is 17.1. The molecule has 70 heavy (non-hydrogen) atoms. The van der Waals surface area contributed by atoms with Crippen molar-refractivity contribution in [3.63, 3.8) is 0 Å². The van der Waals surface area contributed by atoms with Crippen LogP contribution in [-0.4, -0.2) is 9.97 Å². The molecule has 0 amide bonds. The number of hydrogen-bond acceptors (Lipinski definition) is 6. The molecule has 0 atom stereocenters. The van der Waals surface area contributed by atoms with Gasteiger partial charge in [-0.05, 0) is 156 Å². The fourth-order valence-electron chi connectivity index (χ4n) is 9.69. The maximum Gasteiger partial charge on any atom is 0.0971 e. The Labute approximate surface area is 407 Å². The van der Waals surface area contributed by atoms with Crippen molar-refractivity contribution in [1.29, 1.82) is 0 Å². The van der Waals surface area contributed by atoms with Crippen molar-refractivity contribution in [3.8, 4) is 0 Å². The van der Waals surface area contributed by atoms with E-state index in [1.165, 1.54) is 0 Å². The van der Waals surface area contributed by atoms with Gasteiger partial charge in [0.1, 0.15) is 0 Å². The van der Waals surface area contributed by atoms with Crippen LogP contribution in [0.5, 0.6) is 0 Å². The minimum atomic E-state index is 0.874. The largest absolute Gasteiger partial charge is 0.311 e. The Morgan fingerprint density at radius 1 is 0.186 bits per heavy atom. The van der Waals surface area contributed by atoms with E-state index in [0.29, 0.717) is 0 Å². The zero-order chi connectivity index (χ0) is 46.6. The van der Waals surface area contributed by atoms with Crippen LogP contribution in [0.4, 0.5) is 68.2 Å². The third-order valence-electron chi connectivity index (χ3n) is 12.8. The van der Waals surface area contributed by atoms with Crippen molar-refractivity contribution >= 4 is 101 Å². The molecular formula is C64H46N6. The van der Waals surface area contributed by atoms with Gasteiger partial charge in [-0.15, -0.1) is 0 Å². The summed E-state index contributed by atoms with van der Waals surface area (Å²) >= 11 is 0. The summed E-state index contributed by atoms with van der Waals surface area (Å²) < 4.78 is 0. The lowest BCUT2D eigenvalue weighted by Gasteiger charge is -2.29. The molecule has 6 nitrogen and oxygen atoms in total. The van der Waals surface area contributed by atoms with Crippen LogP contribution in [0.15, 0.2) is 279 Å². The van der Waals surface area contributed by atoms with E-state index in [-0.39, 0.29) is 0 Å². The zero-order valence-electron chi connectivity index (χ0n) is 38.2. The van der Waals surface area contributed by atoms with Gasteiger partial charge in [0.25, 0.3) is 0 Å². The molecule has 0 radical (unpaired) electrons. The minimum absolute atomic E-state index is 0.874. The molecule has 0 spiro atoms. The van der Waals surface area contributed by atoms with Crippen molar-refractivity contribution in [3.05, 3.63) is 279 Å². The molecule has 12 rings (SSSR count). The highest BCUT2D eigenvalue weighted by molar-refractivity contribution is 6.24. The number of nitrogens with zero attached hydrogens (tertiary/aromatic N) is 6. The van der Waals surface area contributed by atoms with Gasteiger partial charge >= 0.3 is 0 Å². The molecule has 0 aliphatic heterocycles. The lowest BCUT2D eigenvalue weighted by atomic mass is 9.97. The van der Waals surface area contributed by atoms with Gasteiger partial charge in [0.2, 0.25) is 0 Å². The quantitative estimate of drug-likeness (QED) is 0.114. The van der Waals surface area contributed by atoms with E-state index in [1.807, 2.05) is 0 Å². The number of benzene rings is 11. The number of aromatic nitrogens is 2. The van der Waals surface area contributed by atoms with E-state index in [9.17, 15) is 0 Å². The van der Waals surface area contributed by atoms with Gasteiger partial charge in [-0.3, -0.25) is 9.97 Å². The molecule has 0 unspecified atom stereocenters. The lowest BCUT2D eigenvalue weighted by molar-refractivity contribution is 1.26. The predicted molar refractivity (Wildman–Crippen MR) is 293 cm³/mol. The van der Waals surface area contributed by atoms with E-state index in [1.54, 1.807) is 12.4 Å². The van der Waals surface area contributed by atoms with Crippen LogP contribution >= 0.6 is 0 Å². The van der Waals surface area contributed by atoms with Crippen molar-refractivity contribution in [2.24, 2.45) is 0 Å². The second-order valence-electron chi connectivity index (χ2n) is 17.1. The Morgan fingerprint density at radius 2 is 0.386 bits per heavy atom. The molecule has 0 fully saturated rings. The summed E-state index contributed by atoms with van der Waals surface area (Å²) in [5.41, 5.74) is 14.5. The maximum absolute atomic E-state index is 4.95. The molecule has 0 N–H and O–H groups in total. The summed E-state index contributed by atoms with van der Waals surface area (Å²) in [4.78, 5) is 19.2. The highest BCUT2D eigenvalue weighted by Crippen LogP contribution is 2.45. The first-order valence-corrected chi connectivity index (χ1v) is 23.6. The second kappa shape index (κ2) is 18.6. The van der Waals surface area contributed by atoms with Gasteiger partial charge in [-0.1, -0.05) is 121 Å². The molecule has 12 aromatic rings. The number of anilines is 12. The van der Waals surface area contributed by atoms with Crippen LogP contribution in [0.3, 0.4) is 0 Å². The third kappa shape index (κ3) is 7.99. The Bertz CT molecular complexity index is 3360. The van der Waals surface area contributed by atoms with Crippen molar-refractivity contribution in [1.82, 2.24) is 9.97 Å². The van der Waals surface area contributed by atoms with Gasteiger partial charge in [-0.25, -0.2) is 0 Å². The highest BCUT2D eigenvalue weighted by atomic mass is 15.2. The first-order chi connectivity index (χ1) is 34.7. The van der Waals surface area contributed by atoms with Gasteiger partial charge in [-0.2, -0.15) is 0 Å². The van der Waals surface area contributed by atoms with Gasteiger partial charge < -0.3 is 19.6 Å². The van der Waals surface area contributed by atoms with Crippen molar-refractivity contribution in [2.75, 3.05) is 19.6 Å². The lowest BCUT2D eigenvalue weighted by Crippen LogP contribution is -2.12. The van der Waals surface area contributed by atoms with E-state index in [4.69, 9.17) is 9.97 Å². The van der Waals surface area contributed by atoms with Crippen LogP contribution in [0, 0.1) is 0 Å². The summed E-state index contributed by atoms with van der Waals surface area (Å²) in [6.45, 7) is 0. The van der Waals surface area contributed by atoms with Crippen molar-refractivity contribution in [2.45, 2.75) is 0 Å². The molecule has 1 heterocycles. The van der Waals surface area contributed by atoms with E-state index >= 15 is 0 Å². The molecule has 1 aromatic heterocycles. The fourth-order valence-corrected chi connectivity index (χ4v) is 9.69. The maximum atomic E-state index is 4.95. The van der Waals surface area contributed by atoms with Crippen LogP contribution in [0.25, 0.3) is 32.6 Å². The minimum Gasteiger partial charge on any atom is -0.311 e. The number of para-hydroxylation sites is 6. The predicted octanol–water partition coefficient (Wildman–Crippen LogP) is 17.8. The number of hydrogen-bond donors (Lipinski definition) is 0. The van der Waals surface area contributed by atoms with Crippen molar-refractivity contribution < 1.29 is 0 Å². The monoisotopic (exact) mass is 898 g/mol. The highest BCUT2D eigenvalue weighted by Gasteiger charge is 2.21. The molecule has 11 aromatic carbocycles. The topological polar surface area (TPSA) is 38.7 Å². The van der Waals surface area contributed by atoms with E-state index < -0.39 is 0 Å². The van der Waals surface area contributed by atoms with Crippen LogP contribution in [-0.2, 0) is 0 Å². The molecule has 6 heteroatoms. The summed E-state index contributed by atoms with van der Waals surface area (Å²) in [5, 5.41) is 4.26. The first kappa shape index (κ1) is 41.9. The Kier molecular flexibility index (Phi) is 11.1. The number of fused-ring (bicyclic) bond motifs is 6. The SMILES string of the molecule is c1ccc(N(c2ccccc2)c2ccc(N(c3ccccc3)c3ccc4c(c3)c3cc(N(c5ccccc5)c5ccc(N(c6ccccc6)c6ccccc6)cc5)ccc3c3nccnc43)cc2)cc1. The number of rotatable bonds is 12. The summed E-state index contributed by atoms with van der Waals surface area (Å²) in [6.07, 6.45) is 3.58. The average Bonchev–Trinajstić information content (AvgIpc) is 3.44. The average molecular weight is 899 g/mol. The standard InChI is InChI=1S/C64H46N6/c1-7-19-47(20-8-1)67(48-21-9-2-10-22-48)53-31-35-55(36-32-53)69(51-27-15-5-16-28-51)57-39-41-59-61(45-57)62-46-58(40-42-60(62)64-63(59)65-43-44-66-64)70(52-29-17-6-18-30-52)56-37-33-54(34-38-56)68(49-23-11-3-12-24-49)50-25-13-4-14-26-50/h1-46H. The van der Waals surface area contributed by atoms with Crippen LogP contribution in [0.1, 0.15) is 0 Å². The van der Waals surface area contributed by atoms with Gasteiger partial charge in [0.15, 0.2) is 0 Å². The zero-order valence-corrected chi connectivity index (χ0v) is 38.2. The fraction of sp³-hybridized carbons (Fsp3) is 0. The molecule has 0 bridgehead atoms. The Morgan fingerprint density at radius 3 is 0.629 bits per heavy atom. The summed E-state index contributed by atoms with van der Waals surface area (Å²) in [5.74, 6) is 0. The third-order valence-corrected chi connectivity index (χ3v) is 12.8. The first-order valence-electron chi connectivity index (χ1n) is 23.6. The van der Waals surface area contributed by atoms with E-state index in [0.717, 1.165) is 101 Å². The van der Waals surface area contributed by atoms with Gasteiger partial charge in [0.05, 0.1) is 11.0 Å². The summed E-state index contributed by atoms with van der Waals surface area (Å²) in [6, 6.07) is 94.5. The molecule has 0 saturated heterocycles. The molecule has 0 saturated carbocycles.